The number of amides is 1. The first-order chi connectivity index (χ1) is 12.4. The molecular weight excluding hydrogens is 422 g/mol. The topological polar surface area (TPSA) is 55.8 Å². The van der Waals surface area contributed by atoms with E-state index in [0.29, 0.717) is 15.2 Å². The number of ether oxygens (including phenoxy) is 2. The largest absolute Gasteiger partial charge is 0.481 e. The van der Waals surface area contributed by atoms with Gasteiger partial charge in [0.1, 0.15) is 5.75 Å². The van der Waals surface area contributed by atoms with Gasteiger partial charge in [-0.15, -0.1) is 0 Å². The molecule has 26 heavy (non-hydrogen) atoms. The summed E-state index contributed by atoms with van der Waals surface area (Å²) in [5, 5.41) is 0.549. The normalized spacial score (nSPS) is 11.5. The number of benzene rings is 2. The maximum Gasteiger partial charge on any atom is 0.344 e. The molecule has 0 radical (unpaired) electrons. The second-order valence-corrected chi connectivity index (χ2v) is 6.91. The molecule has 2 rings (SSSR count). The van der Waals surface area contributed by atoms with Crippen molar-refractivity contribution in [1.82, 2.24) is 4.90 Å². The van der Waals surface area contributed by atoms with E-state index in [2.05, 4.69) is 15.9 Å². The summed E-state index contributed by atoms with van der Waals surface area (Å²) >= 11 is 9.14. The second-order valence-electron chi connectivity index (χ2n) is 5.62. The molecular formula is C19H19BrClNO4. The van der Waals surface area contributed by atoms with Gasteiger partial charge in [-0.1, -0.05) is 41.9 Å². The Morgan fingerprint density at radius 3 is 2.50 bits per heavy atom. The van der Waals surface area contributed by atoms with Crippen molar-refractivity contribution in [3.8, 4) is 5.75 Å². The molecule has 0 spiro atoms. The predicted molar refractivity (Wildman–Crippen MR) is 103 cm³/mol. The maximum absolute atomic E-state index is 12.2. The fourth-order valence-corrected chi connectivity index (χ4v) is 2.98. The van der Waals surface area contributed by atoms with Crippen molar-refractivity contribution in [2.45, 2.75) is 13.0 Å². The van der Waals surface area contributed by atoms with Gasteiger partial charge in [0.05, 0.1) is 10.5 Å². The Kier molecular flexibility index (Phi) is 7.48. The SMILES string of the molecule is CC(c1ccccc1)N(C)C(=O)COC(=O)COc1ccc(Cl)cc1Br. The lowest BCUT2D eigenvalue weighted by Gasteiger charge is -2.25. The molecule has 0 saturated heterocycles. The molecule has 0 aliphatic heterocycles. The van der Waals surface area contributed by atoms with Crippen LogP contribution in [0.2, 0.25) is 5.02 Å². The van der Waals surface area contributed by atoms with Crippen LogP contribution in [0.5, 0.6) is 5.75 Å². The summed E-state index contributed by atoms with van der Waals surface area (Å²) in [7, 11) is 1.68. The molecule has 0 aromatic heterocycles. The van der Waals surface area contributed by atoms with Crippen LogP contribution in [0, 0.1) is 0 Å². The van der Waals surface area contributed by atoms with Crippen LogP contribution in [0.15, 0.2) is 53.0 Å². The van der Waals surface area contributed by atoms with Crippen molar-refractivity contribution >= 4 is 39.4 Å². The molecule has 0 saturated carbocycles. The Hall–Kier alpha value is -2.05. The summed E-state index contributed by atoms with van der Waals surface area (Å²) < 4.78 is 11.0. The van der Waals surface area contributed by atoms with Gasteiger partial charge in [-0.05, 0) is 46.6 Å². The number of carbonyl (C=O) groups excluding carboxylic acids is 2. The van der Waals surface area contributed by atoms with Crippen molar-refractivity contribution in [2.75, 3.05) is 20.3 Å². The van der Waals surface area contributed by atoms with Gasteiger partial charge in [0.2, 0.25) is 0 Å². The maximum atomic E-state index is 12.2. The summed E-state index contributed by atoms with van der Waals surface area (Å²) in [6.45, 7) is 1.28. The molecule has 0 bridgehead atoms. The Morgan fingerprint density at radius 2 is 1.85 bits per heavy atom. The van der Waals surface area contributed by atoms with E-state index in [0.717, 1.165) is 5.56 Å². The van der Waals surface area contributed by atoms with Crippen molar-refractivity contribution < 1.29 is 19.1 Å². The molecule has 7 heteroatoms. The Balaban J connectivity index is 1.80. The number of likely N-dealkylation sites (N-methyl/N-ethyl adjacent to an activating group) is 1. The fraction of sp³-hybridized carbons (Fsp3) is 0.263. The molecule has 0 N–H and O–H groups in total. The monoisotopic (exact) mass is 439 g/mol. The van der Waals surface area contributed by atoms with Gasteiger partial charge in [-0.3, -0.25) is 4.79 Å². The average molecular weight is 441 g/mol. The zero-order chi connectivity index (χ0) is 19.1. The Bertz CT molecular complexity index is 769. The standard InChI is InChI=1S/C19H19BrClNO4/c1-13(14-6-4-3-5-7-14)22(2)18(23)11-26-19(24)12-25-17-9-8-15(21)10-16(17)20/h3-10,13H,11-12H2,1-2H3. The number of hydrogen-bond donors (Lipinski definition) is 0. The highest BCUT2D eigenvalue weighted by atomic mass is 79.9. The number of nitrogens with zero attached hydrogens (tertiary/aromatic N) is 1. The van der Waals surface area contributed by atoms with Gasteiger partial charge in [0, 0.05) is 12.1 Å². The highest BCUT2D eigenvalue weighted by Gasteiger charge is 2.19. The number of rotatable bonds is 7. The first kappa shape index (κ1) is 20.3. The summed E-state index contributed by atoms with van der Waals surface area (Å²) in [5.41, 5.74) is 1.01. The lowest BCUT2D eigenvalue weighted by atomic mass is 10.1. The van der Waals surface area contributed by atoms with Gasteiger partial charge in [-0.25, -0.2) is 4.79 Å². The highest BCUT2D eigenvalue weighted by Crippen LogP contribution is 2.27. The fourth-order valence-electron chi connectivity index (χ4n) is 2.19. The van der Waals surface area contributed by atoms with Crippen molar-refractivity contribution in [2.24, 2.45) is 0 Å². The number of halogens is 2. The minimum Gasteiger partial charge on any atom is -0.481 e. The summed E-state index contributed by atoms with van der Waals surface area (Å²) in [6.07, 6.45) is 0. The first-order valence-corrected chi connectivity index (χ1v) is 9.09. The van der Waals surface area contributed by atoms with Gasteiger partial charge in [0.25, 0.3) is 5.91 Å². The molecule has 1 unspecified atom stereocenters. The van der Waals surface area contributed by atoms with Crippen LogP contribution in [0.4, 0.5) is 0 Å². The van der Waals surface area contributed by atoms with Gasteiger partial charge >= 0.3 is 5.97 Å². The summed E-state index contributed by atoms with van der Waals surface area (Å²) in [4.78, 5) is 25.6. The summed E-state index contributed by atoms with van der Waals surface area (Å²) in [5.74, 6) is -0.448. The van der Waals surface area contributed by atoms with Crippen LogP contribution in [0.25, 0.3) is 0 Å². The predicted octanol–water partition coefficient (Wildman–Crippen LogP) is 4.24. The van der Waals surface area contributed by atoms with E-state index >= 15 is 0 Å². The number of carbonyl (C=O) groups is 2. The molecule has 2 aromatic carbocycles. The summed E-state index contributed by atoms with van der Waals surface area (Å²) in [6, 6.07) is 14.5. The number of esters is 1. The minimum atomic E-state index is -0.624. The van der Waals surface area contributed by atoms with E-state index in [1.54, 1.807) is 30.1 Å². The third-order valence-electron chi connectivity index (χ3n) is 3.85. The van der Waals surface area contributed by atoms with Gasteiger partial charge in [0.15, 0.2) is 13.2 Å². The number of hydrogen-bond acceptors (Lipinski definition) is 4. The van der Waals surface area contributed by atoms with E-state index < -0.39 is 5.97 Å². The van der Waals surface area contributed by atoms with Crippen molar-refractivity contribution in [3.63, 3.8) is 0 Å². The first-order valence-electron chi connectivity index (χ1n) is 7.92. The molecule has 0 aliphatic carbocycles. The molecule has 0 heterocycles. The Morgan fingerprint density at radius 1 is 1.15 bits per heavy atom. The van der Waals surface area contributed by atoms with Crippen molar-refractivity contribution in [1.29, 1.82) is 0 Å². The van der Waals surface area contributed by atoms with Gasteiger partial charge in [-0.2, -0.15) is 0 Å². The lowest BCUT2D eigenvalue weighted by Crippen LogP contribution is -2.34. The van der Waals surface area contributed by atoms with E-state index in [1.165, 1.54) is 0 Å². The third-order valence-corrected chi connectivity index (χ3v) is 4.71. The van der Waals surface area contributed by atoms with E-state index in [9.17, 15) is 9.59 Å². The molecule has 2 aromatic rings. The molecule has 5 nitrogen and oxygen atoms in total. The van der Waals surface area contributed by atoms with Crippen LogP contribution in [-0.4, -0.2) is 37.0 Å². The molecule has 0 fully saturated rings. The second kappa shape index (κ2) is 9.59. The third kappa shape index (κ3) is 5.75. The minimum absolute atomic E-state index is 0.122. The van der Waals surface area contributed by atoms with E-state index in [-0.39, 0.29) is 25.2 Å². The van der Waals surface area contributed by atoms with Crippen LogP contribution in [0.1, 0.15) is 18.5 Å². The molecule has 138 valence electrons. The Labute approximate surface area is 166 Å². The van der Waals surface area contributed by atoms with Crippen LogP contribution < -0.4 is 4.74 Å². The lowest BCUT2D eigenvalue weighted by molar-refractivity contribution is -0.153. The molecule has 1 amide bonds. The zero-order valence-electron chi connectivity index (χ0n) is 14.4. The molecule has 0 aliphatic rings. The molecule has 1 atom stereocenters. The van der Waals surface area contributed by atoms with Crippen molar-refractivity contribution in [3.05, 3.63) is 63.6 Å². The average Bonchev–Trinajstić information content (AvgIpc) is 2.64. The van der Waals surface area contributed by atoms with Crippen LogP contribution >= 0.6 is 27.5 Å². The van der Waals surface area contributed by atoms with E-state index in [1.807, 2.05) is 37.3 Å². The van der Waals surface area contributed by atoms with Crippen LogP contribution in [0.3, 0.4) is 0 Å². The van der Waals surface area contributed by atoms with Crippen LogP contribution in [-0.2, 0) is 14.3 Å². The quantitative estimate of drug-likeness (QED) is 0.604. The smallest absolute Gasteiger partial charge is 0.344 e. The zero-order valence-corrected chi connectivity index (χ0v) is 16.8. The van der Waals surface area contributed by atoms with E-state index in [4.69, 9.17) is 21.1 Å². The highest BCUT2D eigenvalue weighted by molar-refractivity contribution is 9.10. The van der Waals surface area contributed by atoms with Gasteiger partial charge < -0.3 is 14.4 Å².